The molecule has 0 bridgehead atoms. The van der Waals surface area contributed by atoms with E-state index in [9.17, 15) is 0 Å². The van der Waals surface area contributed by atoms with Crippen molar-refractivity contribution in [2.75, 3.05) is 20.2 Å². The topological polar surface area (TPSA) is 50.8 Å². The molecule has 104 valence electrons. The summed E-state index contributed by atoms with van der Waals surface area (Å²) in [6.45, 7) is 8.01. The third-order valence-corrected chi connectivity index (χ3v) is 3.80. The number of aliphatic imine (C=N–C) groups is 1. The van der Waals surface area contributed by atoms with Crippen molar-refractivity contribution in [3.63, 3.8) is 0 Å². The number of hydrogen-bond acceptors (Lipinski definition) is 4. The van der Waals surface area contributed by atoms with Crippen LogP contribution in [0.25, 0.3) is 0 Å². The summed E-state index contributed by atoms with van der Waals surface area (Å²) >= 11 is 0. The molecule has 0 aliphatic carbocycles. The number of ether oxygens (including phenoxy) is 1. The molecule has 0 spiro atoms. The molecular weight excluding hydrogens is 238 g/mol. The SMILES string of the molecule is CCCN1C(N)=NCC1(C)c1cc(C)ccc1OC. The summed E-state index contributed by atoms with van der Waals surface area (Å²) in [6.07, 6.45) is 1.04. The van der Waals surface area contributed by atoms with Crippen LogP contribution in [-0.4, -0.2) is 31.1 Å². The van der Waals surface area contributed by atoms with Gasteiger partial charge < -0.3 is 15.4 Å². The molecule has 0 aromatic heterocycles. The molecule has 1 aromatic carbocycles. The molecule has 1 atom stereocenters. The highest BCUT2D eigenvalue weighted by atomic mass is 16.5. The first kappa shape index (κ1) is 13.7. The van der Waals surface area contributed by atoms with Crippen molar-refractivity contribution in [3.8, 4) is 5.75 Å². The second kappa shape index (κ2) is 5.11. The van der Waals surface area contributed by atoms with Gasteiger partial charge in [-0.25, -0.2) is 0 Å². The van der Waals surface area contributed by atoms with Gasteiger partial charge >= 0.3 is 0 Å². The van der Waals surface area contributed by atoms with E-state index in [-0.39, 0.29) is 5.54 Å². The standard InChI is InChI=1S/C15H23N3O/c1-5-8-18-14(16)17-10-15(18,3)12-9-11(2)6-7-13(12)19-4/h6-7,9H,5,8,10H2,1-4H3,(H2,16,17). The number of methoxy groups -OCH3 is 1. The van der Waals surface area contributed by atoms with E-state index < -0.39 is 0 Å². The molecule has 4 nitrogen and oxygen atoms in total. The summed E-state index contributed by atoms with van der Waals surface area (Å²) in [5.74, 6) is 1.53. The maximum absolute atomic E-state index is 6.04. The Morgan fingerprint density at radius 3 is 2.84 bits per heavy atom. The van der Waals surface area contributed by atoms with Gasteiger partial charge in [-0.2, -0.15) is 0 Å². The molecule has 0 saturated heterocycles. The average molecular weight is 261 g/mol. The first-order chi connectivity index (χ1) is 9.02. The number of aryl methyl sites for hydroxylation is 1. The van der Waals surface area contributed by atoms with Crippen LogP contribution in [0.15, 0.2) is 23.2 Å². The lowest BCUT2D eigenvalue weighted by molar-refractivity contribution is 0.218. The Morgan fingerprint density at radius 2 is 2.21 bits per heavy atom. The van der Waals surface area contributed by atoms with Gasteiger partial charge in [-0.15, -0.1) is 0 Å². The third kappa shape index (κ3) is 2.27. The van der Waals surface area contributed by atoms with Crippen molar-refractivity contribution in [1.29, 1.82) is 0 Å². The first-order valence-corrected chi connectivity index (χ1v) is 6.75. The minimum absolute atomic E-state index is 0.211. The van der Waals surface area contributed by atoms with E-state index in [1.165, 1.54) is 5.56 Å². The molecule has 2 rings (SSSR count). The van der Waals surface area contributed by atoms with Crippen molar-refractivity contribution in [2.45, 2.75) is 32.7 Å². The largest absolute Gasteiger partial charge is 0.496 e. The number of rotatable bonds is 4. The van der Waals surface area contributed by atoms with E-state index in [0.29, 0.717) is 12.5 Å². The molecule has 0 saturated carbocycles. The number of nitrogens with two attached hydrogens (primary N) is 1. The number of benzene rings is 1. The second-order valence-corrected chi connectivity index (χ2v) is 5.30. The Hall–Kier alpha value is -1.71. The Kier molecular flexibility index (Phi) is 3.69. The zero-order valence-electron chi connectivity index (χ0n) is 12.2. The van der Waals surface area contributed by atoms with E-state index in [4.69, 9.17) is 10.5 Å². The highest BCUT2D eigenvalue weighted by Crippen LogP contribution is 2.38. The third-order valence-electron chi connectivity index (χ3n) is 3.80. The fraction of sp³-hybridized carbons (Fsp3) is 0.533. The van der Waals surface area contributed by atoms with E-state index >= 15 is 0 Å². The van der Waals surface area contributed by atoms with Gasteiger partial charge in [0.2, 0.25) is 0 Å². The van der Waals surface area contributed by atoms with Crippen LogP contribution in [0.1, 0.15) is 31.4 Å². The highest BCUT2D eigenvalue weighted by Gasteiger charge is 2.40. The van der Waals surface area contributed by atoms with Gasteiger partial charge in [0.25, 0.3) is 0 Å². The minimum atomic E-state index is -0.211. The minimum Gasteiger partial charge on any atom is -0.496 e. The average Bonchev–Trinajstić information content (AvgIpc) is 2.69. The maximum Gasteiger partial charge on any atom is 0.192 e. The lowest BCUT2D eigenvalue weighted by Crippen LogP contribution is -2.47. The highest BCUT2D eigenvalue weighted by molar-refractivity contribution is 5.81. The molecule has 2 N–H and O–H groups in total. The Labute approximate surface area is 115 Å². The van der Waals surface area contributed by atoms with Gasteiger partial charge in [-0.3, -0.25) is 4.99 Å². The number of nitrogens with zero attached hydrogens (tertiary/aromatic N) is 2. The van der Waals surface area contributed by atoms with Crippen LogP contribution in [0.3, 0.4) is 0 Å². The van der Waals surface area contributed by atoms with Crippen LogP contribution in [-0.2, 0) is 5.54 Å². The summed E-state index contributed by atoms with van der Waals surface area (Å²) in [5.41, 5.74) is 8.21. The monoisotopic (exact) mass is 261 g/mol. The van der Waals surface area contributed by atoms with Gasteiger partial charge in [0.15, 0.2) is 5.96 Å². The smallest absolute Gasteiger partial charge is 0.192 e. The molecule has 0 fully saturated rings. The van der Waals surface area contributed by atoms with Gasteiger partial charge in [0, 0.05) is 12.1 Å². The molecule has 1 aliphatic heterocycles. The Morgan fingerprint density at radius 1 is 1.47 bits per heavy atom. The molecular formula is C15H23N3O. The molecule has 1 heterocycles. The molecule has 0 radical (unpaired) electrons. The molecule has 19 heavy (non-hydrogen) atoms. The second-order valence-electron chi connectivity index (χ2n) is 5.30. The molecule has 4 heteroatoms. The predicted molar refractivity (Wildman–Crippen MR) is 78.6 cm³/mol. The van der Waals surface area contributed by atoms with Crippen molar-refractivity contribution >= 4 is 5.96 Å². The first-order valence-electron chi connectivity index (χ1n) is 6.75. The van der Waals surface area contributed by atoms with E-state index in [0.717, 1.165) is 24.3 Å². The fourth-order valence-electron chi connectivity index (χ4n) is 2.72. The zero-order chi connectivity index (χ0) is 14.0. The Bertz CT molecular complexity index is 498. The maximum atomic E-state index is 6.04. The number of guanidine groups is 1. The quantitative estimate of drug-likeness (QED) is 0.904. The predicted octanol–water partition coefficient (Wildman–Crippen LogP) is 2.26. The Balaban J connectivity index is 2.47. The summed E-state index contributed by atoms with van der Waals surface area (Å²) in [7, 11) is 1.71. The van der Waals surface area contributed by atoms with Crippen LogP contribution < -0.4 is 10.5 Å². The van der Waals surface area contributed by atoms with Crippen molar-refractivity contribution in [1.82, 2.24) is 4.90 Å². The summed E-state index contributed by atoms with van der Waals surface area (Å²) < 4.78 is 5.52. The fourth-order valence-corrected chi connectivity index (χ4v) is 2.72. The van der Waals surface area contributed by atoms with Crippen molar-refractivity contribution < 1.29 is 4.74 Å². The van der Waals surface area contributed by atoms with Crippen LogP contribution in [0, 0.1) is 6.92 Å². The zero-order valence-corrected chi connectivity index (χ0v) is 12.2. The van der Waals surface area contributed by atoms with Crippen LogP contribution >= 0.6 is 0 Å². The van der Waals surface area contributed by atoms with Crippen LogP contribution in [0.2, 0.25) is 0 Å². The van der Waals surface area contributed by atoms with E-state index in [1.807, 2.05) is 6.07 Å². The van der Waals surface area contributed by atoms with Gasteiger partial charge in [-0.1, -0.05) is 18.6 Å². The lowest BCUT2D eigenvalue weighted by atomic mass is 9.89. The van der Waals surface area contributed by atoms with Crippen molar-refractivity contribution in [2.24, 2.45) is 10.7 Å². The van der Waals surface area contributed by atoms with E-state index in [1.54, 1.807) is 7.11 Å². The van der Waals surface area contributed by atoms with Crippen LogP contribution in [0.4, 0.5) is 0 Å². The molecule has 1 unspecified atom stereocenters. The van der Waals surface area contributed by atoms with Gasteiger partial charge in [-0.05, 0) is 32.4 Å². The molecule has 0 amide bonds. The van der Waals surface area contributed by atoms with Crippen molar-refractivity contribution in [3.05, 3.63) is 29.3 Å². The number of hydrogen-bond donors (Lipinski definition) is 1. The van der Waals surface area contributed by atoms with Crippen LogP contribution in [0.5, 0.6) is 5.75 Å². The summed E-state index contributed by atoms with van der Waals surface area (Å²) in [5, 5.41) is 0. The van der Waals surface area contributed by atoms with Gasteiger partial charge in [0.05, 0.1) is 19.2 Å². The normalized spacial score (nSPS) is 22.5. The lowest BCUT2D eigenvalue weighted by Gasteiger charge is -2.37. The van der Waals surface area contributed by atoms with Gasteiger partial charge in [0.1, 0.15) is 5.75 Å². The molecule has 1 aliphatic rings. The summed E-state index contributed by atoms with van der Waals surface area (Å²) in [6, 6.07) is 6.26. The van der Waals surface area contributed by atoms with E-state index in [2.05, 4.69) is 42.8 Å². The molecule has 1 aromatic rings. The summed E-state index contributed by atoms with van der Waals surface area (Å²) in [4.78, 5) is 6.62.